The Morgan fingerprint density at radius 3 is 2.17 bits per heavy atom. The van der Waals surface area contributed by atoms with E-state index in [2.05, 4.69) is 0 Å². The number of hydrogen-bond acceptors (Lipinski definition) is 2. The predicted octanol–water partition coefficient (Wildman–Crippen LogP) is 1.49. The molecule has 0 saturated carbocycles. The molecule has 3 heteroatoms. The minimum absolute atomic E-state index is 0. The lowest BCUT2D eigenvalue weighted by Gasteiger charge is -2.13. The molecule has 0 aromatic heterocycles. The number of hydrogen-bond donors (Lipinski definition) is 2. The molecule has 0 radical (unpaired) electrons. The first-order valence-electron chi connectivity index (χ1n) is 3.70. The van der Waals surface area contributed by atoms with Crippen LogP contribution in [0, 0.1) is 0 Å². The zero-order chi connectivity index (χ0) is 8.27. The molecule has 68 valence electrons. The van der Waals surface area contributed by atoms with E-state index >= 15 is 0 Å². The van der Waals surface area contributed by atoms with Crippen LogP contribution in [0.1, 0.15) is 18.6 Å². The fraction of sp³-hybridized carbons (Fsp3) is 0.333. The summed E-state index contributed by atoms with van der Waals surface area (Å²) in [6.45, 7) is 1.79. The molecule has 0 amide bonds. The Morgan fingerprint density at radius 2 is 1.75 bits per heavy atom. The van der Waals surface area contributed by atoms with Gasteiger partial charge in [0.2, 0.25) is 0 Å². The monoisotopic (exact) mass is 187 g/mol. The molecular formula is C9H14ClNO. The molecule has 0 unspecified atom stereocenters. The van der Waals surface area contributed by atoms with Crippen molar-refractivity contribution in [3.8, 4) is 0 Å². The summed E-state index contributed by atoms with van der Waals surface area (Å²) >= 11 is 0. The molecule has 0 aliphatic heterocycles. The fourth-order valence-corrected chi connectivity index (χ4v) is 0.954. The average molecular weight is 188 g/mol. The summed E-state index contributed by atoms with van der Waals surface area (Å²) in [7, 11) is 0. The van der Waals surface area contributed by atoms with Gasteiger partial charge in [0.05, 0.1) is 6.10 Å². The molecule has 0 aliphatic carbocycles. The number of aliphatic hydroxyl groups excluding tert-OH is 1. The molecule has 3 N–H and O–H groups in total. The van der Waals surface area contributed by atoms with Crippen LogP contribution in [-0.2, 0) is 0 Å². The molecule has 2 nitrogen and oxygen atoms in total. The fourth-order valence-electron chi connectivity index (χ4n) is 0.954. The molecule has 12 heavy (non-hydrogen) atoms. The van der Waals surface area contributed by atoms with Crippen molar-refractivity contribution in [2.24, 2.45) is 5.73 Å². The van der Waals surface area contributed by atoms with Gasteiger partial charge >= 0.3 is 0 Å². The molecule has 0 saturated heterocycles. The maximum atomic E-state index is 9.47. The first kappa shape index (κ1) is 11.4. The topological polar surface area (TPSA) is 46.2 Å². The third-order valence-corrected chi connectivity index (χ3v) is 1.64. The summed E-state index contributed by atoms with van der Waals surface area (Å²) in [4.78, 5) is 0. The van der Waals surface area contributed by atoms with Crippen molar-refractivity contribution in [3.63, 3.8) is 0 Å². The summed E-state index contributed by atoms with van der Waals surface area (Å²) in [6.07, 6.45) is -0.545. The maximum absolute atomic E-state index is 9.47. The molecular weight excluding hydrogens is 174 g/mol. The van der Waals surface area contributed by atoms with E-state index in [0.717, 1.165) is 5.56 Å². The highest BCUT2D eigenvalue weighted by molar-refractivity contribution is 5.85. The smallest absolute Gasteiger partial charge is 0.0938 e. The van der Waals surface area contributed by atoms with E-state index in [1.165, 1.54) is 0 Å². The summed E-state index contributed by atoms with van der Waals surface area (Å²) < 4.78 is 0. The SMILES string of the molecule is C[C@@H](N)[C@H](O)c1ccccc1.Cl. The van der Waals surface area contributed by atoms with E-state index < -0.39 is 6.10 Å². The lowest BCUT2D eigenvalue weighted by Crippen LogP contribution is -2.24. The maximum Gasteiger partial charge on any atom is 0.0938 e. The van der Waals surface area contributed by atoms with Gasteiger partial charge in [0.25, 0.3) is 0 Å². The summed E-state index contributed by atoms with van der Waals surface area (Å²) in [5.74, 6) is 0. The van der Waals surface area contributed by atoms with Crippen molar-refractivity contribution in [2.45, 2.75) is 19.1 Å². The standard InChI is InChI=1S/C9H13NO.ClH/c1-7(10)9(11)8-5-3-2-4-6-8;/h2-7,9,11H,10H2,1H3;1H/t7-,9+;/m1./s1. The average Bonchev–Trinajstić information content (AvgIpc) is 2.05. The lowest BCUT2D eigenvalue weighted by atomic mass is 10.0. The van der Waals surface area contributed by atoms with Gasteiger partial charge < -0.3 is 10.8 Å². The van der Waals surface area contributed by atoms with E-state index in [1.807, 2.05) is 30.3 Å². The number of halogens is 1. The molecule has 1 aromatic rings. The largest absolute Gasteiger partial charge is 0.387 e. The van der Waals surface area contributed by atoms with Gasteiger partial charge in [-0.2, -0.15) is 0 Å². The number of rotatable bonds is 2. The van der Waals surface area contributed by atoms with Gasteiger partial charge in [-0.15, -0.1) is 12.4 Å². The van der Waals surface area contributed by atoms with Crippen LogP contribution in [0.4, 0.5) is 0 Å². The number of aliphatic hydroxyl groups is 1. The third-order valence-electron chi connectivity index (χ3n) is 1.64. The quantitative estimate of drug-likeness (QED) is 0.737. The Morgan fingerprint density at radius 1 is 1.25 bits per heavy atom. The highest BCUT2D eigenvalue weighted by Gasteiger charge is 2.10. The van der Waals surface area contributed by atoms with Gasteiger partial charge in [0, 0.05) is 6.04 Å². The minimum atomic E-state index is -0.545. The number of benzene rings is 1. The minimum Gasteiger partial charge on any atom is -0.387 e. The van der Waals surface area contributed by atoms with Crippen molar-refractivity contribution in [2.75, 3.05) is 0 Å². The van der Waals surface area contributed by atoms with Gasteiger partial charge in [0.1, 0.15) is 0 Å². The van der Waals surface area contributed by atoms with Crippen LogP contribution in [0.25, 0.3) is 0 Å². The second-order valence-electron chi connectivity index (χ2n) is 2.71. The zero-order valence-electron chi connectivity index (χ0n) is 6.97. The van der Waals surface area contributed by atoms with Crippen molar-refractivity contribution in [3.05, 3.63) is 35.9 Å². The van der Waals surface area contributed by atoms with Gasteiger partial charge in [0.15, 0.2) is 0 Å². The van der Waals surface area contributed by atoms with Gasteiger partial charge in [-0.3, -0.25) is 0 Å². The Kier molecular flexibility index (Phi) is 4.90. The van der Waals surface area contributed by atoms with Crippen LogP contribution in [0.5, 0.6) is 0 Å². The molecule has 0 heterocycles. The highest BCUT2D eigenvalue weighted by Crippen LogP contribution is 2.13. The Balaban J connectivity index is 0.00000121. The summed E-state index contributed by atoms with van der Waals surface area (Å²) in [5, 5.41) is 9.47. The van der Waals surface area contributed by atoms with E-state index in [9.17, 15) is 5.11 Å². The molecule has 1 rings (SSSR count). The second kappa shape index (κ2) is 5.14. The first-order valence-corrected chi connectivity index (χ1v) is 3.70. The number of nitrogens with two attached hydrogens (primary N) is 1. The third kappa shape index (κ3) is 2.81. The van der Waals surface area contributed by atoms with E-state index in [1.54, 1.807) is 6.92 Å². The highest BCUT2D eigenvalue weighted by atomic mass is 35.5. The van der Waals surface area contributed by atoms with Gasteiger partial charge in [-0.25, -0.2) is 0 Å². The Hall–Kier alpha value is -0.570. The van der Waals surface area contributed by atoms with Crippen molar-refractivity contribution in [1.82, 2.24) is 0 Å². The van der Waals surface area contributed by atoms with Gasteiger partial charge in [-0.1, -0.05) is 30.3 Å². The molecule has 0 bridgehead atoms. The zero-order valence-corrected chi connectivity index (χ0v) is 7.79. The summed E-state index contributed by atoms with van der Waals surface area (Å²) in [5.41, 5.74) is 6.40. The van der Waals surface area contributed by atoms with E-state index in [4.69, 9.17) is 5.73 Å². The van der Waals surface area contributed by atoms with Crippen molar-refractivity contribution < 1.29 is 5.11 Å². The van der Waals surface area contributed by atoms with Crippen LogP contribution in [-0.4, -0.2) is 11.1 Å². The van der Waals surface area contributed by atoms with Crippen LogP contribution in [0.3, 0.4) is 0 Å². The second-order valence-corrected chi connectivity index (χ2v) is 2.71. The van der Waals surface area contributed by atoms with E-state index in [-0.39, 0.29) is 18.4 Å². The van der Waals surface area contributed by atoms with Crippen LogP contribution >= 0.6 is 12.4 Å². The Labute approximate surface area is 78.8 Å². The Bertz CT molecular complexity index is 213. The first-order chi connectivity index (χ1) is 5.22. The van der Waals surface area contributed by atoms with Crippen molar-refractivity contribution >= 4 is 12.4 Å². The molecule has 0 aliphatic rings. The van der Waals surface area contributed by atoms with Gasteiger partial charge in [-0.05, 0) is 12.5 Å². The predicted molar refractivity (Wildman–Crippen MR) is 52.3 cm³/mol. The van der Waals surface area contributed by atoms with E-state index in [0.29, 0.717) is 0 Å². The lowest BCUT2D eigenvalue weighted by molar-refractivity contribution is 0.153. The van der Waals surface area contributed by atoms with Crippen LogP contribution in [0.2, 0.25) is 0 Å². The van der Waals surface area contributed by atoms with Crippen molar-refractivity contribution in [1.29, 1.82) is 0 Å². The summed E-state index contributed by atoms with van der Waals surface area (Å²) in [6, 6.07) is 9.22. The normalized spacial score (nSPS) is 14.6. The molecule has 0 fully saturated rings. The molecule has 0 spiro atoms. The molecule has 1 aromatic carbocycles. The molecule has 2 atom stereocenters. The van der Waals surface area contributed by atoms with Crippen LogP contribution in [0.15, 0.2) is 30.3 Å². The van der Waals surface area contributed by atoms with Crippen LogP contribution < -0.4 is 5.73 Å².